The van der Waals surface area contributed by atoms with Gasteiger partial charge in [-0.25, -0.2) is 19.2 Å². The lowest BCUT2D eigenvalue weighted by Crippen LogP contribution is -2.34. The molecule has 0 fully saturated rings. The van der Waals surface area contributed by atoms with E-state index in [0.29, 0.717) is 0 Å². The maximum atomic E-state index is 12.5. The van der Waals surface area contributed by atoms with Crippen molar-refractivity contribution in [3.05, 3.63) is 18.3 Å². The highest BCUT2D eigenvalue weighted by atomic mass is 32.2. The third-order valence-electron chi connectivity index (χ3n) is 2.53. The molecule has 1 rings (SSSR count). The zero-order valence-electron chi connectivity index (χ0n) is 11.1. The summed E-state index contributed by atoms with van der Waals surface area (Å²) in [5.74, 6) is 5.46. The van der Waals surface area contributed by atoms with Crippen molar-refractivity contribution in [3.63, 3.8) is 0 Å². The molecule has 3 N–H and O–H groups in total. The fraction of sp³-hybridized carbons (Fsp3) is 0.455. The molecular formula is C11H17N5O3S. The highest BCUT2D eigenvalue weighted by Crippen LogP contribution is 2.17. The number of anilines is 1. The van der Waals surface area contributed by atoms with Crippen LogP contribution in [-0.4, -0.2) is 44.5 Å². The average molecular weight is 299 g/mol. The molecule has 0 amide bonds. The van der Waals surface area contributed by atoms with Gasteiger partial charge in [-0.3, -0.25) is 0 Å². The number of rotatable bonds is 8. The van der Waals surface area contributed by atoms with Crippen LogP contribution in [0.1, 0.15) is 6.42 Å². The normalized spacial score (nSPS) is 11.3. The zero-order valence-corrected chi connectivity index (χ0v) is 11.9. The topological polar surface area (TPSA) is 121 Å². The van der Waals surface area contributed by atoms with Crippen molar-refractivity contribution in [3.8, 4) is 6.07 Å². The van der Waals surface area contributed by atoms with Crippen LogP contribution in [0.15, 0.2) is 23.2 Å². The molecule has 0 aliphatic rings. The minimum absolute atomic E-state index is 0.0643. The maximum absolute atomic E-state index is 12.5. The number of aromatic nitrogens is 1. The zero-order chi connectivity index (χ0) is 15.0. The Bertz CT molecular complexity index is 570. The summed E-state index contributed by atoms with van der Waals surface area (Å²) in [6.45, 7) is 0.530. The van der Waals surface area contributed by atoms with Gasteiger partial charge in [-0.1, -0.05) is 0 Å². The van der Waals surface area contributed by atoms with Crippen LogP contribution in [-0.2, 0) is 14.8 Å². The van der Waals surface area contributed by atoms with Crippen molar-refractivity contribution >= 4 is 15.8 Å². The highest BCUT2D eigenvalue weighted by molar-refractivity contribution is 7.89. The first-order valence-corrected chi connectivity index (χ1v) is 7.29. The third kappa shape index (κ3) is 4.14. The quantitative estimate of drug-likeness (QED) is 0.508. The fourth-order valence-electron chi connectivity index (χ4n) is 1.52. The average Bonchev–Trinajstić information content (AvgIpc) is 2.47. The maximum Gasteiger partial charge on any atom is 0.243 e. The van der Waals surface area contributed by atoms with Gasteiger partial charge in [0.15, 0.2) is 0 Å². The van der Waals surface area contributed by atoms with Crippen LogP contribution in [0.3, 0.4) is 0 Å². The van der Waals surface area contributed by atoms with E-state index < -0.39 is 10.0 Å². The summed E-state index contributed by atoms with van der Waals surface area (Å²) in [4.78, 5) is 3.92. The molecule has 0 aromatic carbocycles. The molecule has 0 saturated carbocycles. The summed E-state index contributed by atoms with van der Waals surface area (Å²) >= 11 is 0. The molecule has 0 saturated heterocycles. The monoisotopic (exact) mass is 299 g/mol. The van der Waals surface area contributed by atoms with Gasteiger partial charge in [-0.2, -0.15) is 9.57 Å². The highest BCUT2D eigenvalue weighted by Gasteiger charge is 2.24. The van der Waals surface area contributed by atoms with Gasteiger partial charge in [0.05, 0.1) is 17.6 Å². The molecule has 1 aromatic heterocycles. The number of hydrogen-bond acceptors (Lipinski definition) is 7. The standard InChI is InChI=1S/C11H17N5O3S/c1-19-8-7-16(6-2-4-12)20(17,18)10-3-5-14-11(9-10)15-13/h3,5,9H,2,6-8,13H2,1H3,(H,14,15). The number of nitriles is 1. The number of nitrogen functional groups attached to an aromatic ring is 1. The van der Waals surface area contributed by atoms with E-state index in [1.165, 1.54) is 29.7 Å². The lowest BCUT2D eigenvalue weighted by atomic mass is 10.4. The summed E-state index contributed by atoms with van der Waals surface area (Å²) in [6.07, 6.45) is 1.46. The number of methoxy groups -OCH3 is 1. The Morgan fingerprint density at radius 2 is 2.30 bits per heavy atom. The molecule has 0 unspecified atom stereocenters. The van der Waals surface area contributed by atoms with Crippen LogP contribution >= 0.6 is 0 Å². The summed E-state index contributed by atoms with van der Waals surface area (Å²) < 4.78 is 31.1. The lowest BCUT2D eigenvalue weighted by Gasteiger charge is -2.20. The van der Waals surface area contributed by atoms with Crippen LogP contribution in [0.5, 0.6) is 0 Å². The van der Waals surface area contributed by atoms with Crippen molar-refractivity contribution < 1.29 is 13.2 Å². The number of ether oxygens (including phenoxy) is 1. The van der Waals surface area contributed by atoms with Gasteiger partial charge in [0.25, 0.3) is 0 Å². The van der Waals surface area contributed by atoms with E-state index in [1.807, 2.05) is 6.07 Å². The number of hydrazine groups is 1. The van der Waals surface area contributed by atoms with Gasteiger partial charge < -0.3 is 10.2 Å². The van der Waals surface area contributed by atoms with Crippen LogP contribution < -0.4 is 11.3 Å². The van der Waals surface area contributed by atoms with E-state index in [1.54, 1.807) is 0 Å². The van der Waals surface area contributed by atoms with E-state index in [-0.39, 0.29) is 36.8 Å². The van der Waals surface area contributed by atoms with Crippen molar-refractivity contribution in [2.75, 3.05) is 32.2 Å². The molecule has 8 nitrogen and oxygen atoms in total. The first-order chi connectivity index (χ1) is 9.56. The summed E-state index contributed by atoms with van der Waals surface area (Å²) in [5.41, 5.74) is 2.29. The lowest BCUT2D eigenvalue weighted by molar-refractivity contribution is 0.179. The largest absolute Gasteiger partial charge is 0.383 e. The van der Waals surface area contributed by atoms with Crippen LogP contribution in [0.4, 0.5) is 5.82 Å². The predicted molar refractivity (Wildman–Crippen MR) is 72.9 cm³/mol. The minimum atomic E-state index is -3.71. The van der Waals surface area contributed by atoms with Gasteiger partial charge in [-0.15, -0.1) is 0 Å². The predicted octanol–water partition coefficient (Wildman–Crippen LogP) is -0.0820. The fourth-order valence-corrected chi connectivity index (χ4v) is 2.96. The van der Waals surface area contributed by atoms with Gasteiger partial charge in [-0.05, 0) is 6.07 Å². The van der Waals surface area contributed by atoms with E-state index in [4.69, 9.17) is 15.8 Å². The molecule has 1 aromatic rings. The Morgan fingerprint density at radius 3 is 2.90 bits per heavy atom. The van der Waals surface area contributed by atoms with Crippen LogP contribution in [0, 0.1) is 11.3 Å². The van der Waals surface area contributed by atoms with E-state index in [0.717, 1.165) is 0 Å². The second-order valence-corrected chi connectivity index (χ2v) is 5.76. The number of pyridine rings is 1. The Labute approximate surface area is 118 Å². The van der Waals surface area contributed by atoms with Crippen molar-refractivity contribution in [2.45, 2.75) is 11.3 Å². The molecule has 1 heterocycles. The molecule has 0 aliphatic carbocycles. The molecular weight excluding hydrogens is 282 g/mol. The van der Waals surface area contributed by atoms with Crippen molar-refractivity contribution in [2.24, 2.45) is 5.84 Å². The second-order valence-electron chi connectivity index (χ2n) is 3.83. The minimum Gasteiger partial charge on any atom is -0.383 e. The Balaban J connectivity index is 3.04. The van der Waals surface area contributed by atoms with Gasteiger partial charge >= 0.3 is 0 Å². The Kier molecular flexibility index (Phi) is 6.33. The summed E-state index contributed by atoms with van der Waals surface area (Å²) in [5, 5.41) is 8.62. The third-order valence-corrected chi connectivity index (χ3v) is 4.43. The molecule has 0 atom stereocenters. The van der Waals surface area contributed by atoms with Crippen LogP contribution in [0.2, 0.25) is 0 Å². The summed E-state index contributed by atoms with van der Waals surface area (Å²) in [6, 6.07) is 4.64. The van der Waals surface area contributed by atoms with E-state index in [2.05, 4.69) is 10.4 Å². The number of nitrogens with one attached hydrogen (secondary N) is 1. The van der Waals surface area contributed by atoms with Gasteiger partial charge in [0, 0.05) is 38.9 Å². The molecule has 20 heavy (non-hydrogen) atoms. The molecule has 0 radical (unpaired) electrons. The van der Waals surface area contributed by atoms with E-state index in [9.17, 15) is 8.42 Å². The number of nitrogens with zero attached hydrogens (tertiary/aromatic N) is 3. The van der Waals surface area contributed by atoms with Crippen molar-refractivity contribution in [1.29, 1.82) is 5.26 Å². The molecule has 0 bridgehead atoms. The van der Waals surface area contributed by atoms with Gasteiger partial charge in [0.1, 0.15) is 5.82 Å². The summed E-state index contributed by atoms with van der Waals surface area (Å²) in [7, 11) is -2.23. The molecule has 0 spiro atoms. The Hall–Kier alpha value is -1.73. The number of hydrogen-bond donors (Lipinski definition) is 2. The SMILES string of the molecule is COCCN(CCC#N)S(=O)(=O)c1ccnc(NN)c1. The Morgan fingerprint density at radius 1 is 1.55 bits per heavy atom. The number of sulfonamides is 1. The number of nitrogens with two attached hydrogens (primary N) is 1. The molecule has 9 heteroatoms. The second kappa shape index (κ2) is 7.76. The smallest absolute Gasteiger partial charge is 0.243 e. The van der Waals surface area contributed by atoms with Crippen LogP contribution in [0.25, 0.3) is 0 Å². The first kappa shape index (κ1) is 16.3. The van der Waals surface area contributed by atoms with Gasteiger partial charge in [0.2, 0.25) is 10.0 Å². The molecule has 0 aliphatic heterocycles. The molecule has 110 valence electrons. The van der Waals surface area contributed by atoms with Crippen molar-refractivity contribution in [1.82, 2.24) is 9.29 Å². The van der Waals surface area contributed by atoms with E-state index >= 15 is 0 Å². The first-order valence-electron chi connectivity index (χ1n) is 5.85.